The van der Waals surface area contributed by atoms with Crippen LogP contribution in [0.25, 0.3) is 0 Å². The summed E-state index contributed by atoms with van der Waals surface area (Å²) >= 11 is 0. The fourth-order valence-corrected chi connectivity index (χ4v) is 0.808. The predicted octanol–water partition coefficient (Wildman–Crippen LogP) is 4.54. The molecule has 1 rings (SSSR count). The molecule has 0 saturated heterocycles. The van der Waals surface area contributed by atoms with Crippen LogP contribution in [0.3, 0.4) is 0 Å². The highest BCUT2D eigenvalue weighted by atomic mass is 15.1. The summed E-state index contributed by atoms with van der Waals surface area (Å²) in [6, 6.07) is 0. The van der Waals surface area contributed by atoms with Crippen LogP contribution in [0, 0.1) is 6.92 Å². The van der Waals surface area contributed by atoms with Gasteiger partial charge in [0.05, 0.1) is 0 Å². The van der Waals surface area contributed by atoms with Crippen molar-refractivity contribution in [3.05, 3.63) is 49.2 Å². The third-order valence-corrected chi connectivity index (χ3v) is 1.48. The maximum absolute atomic E-state index is 4.09. The van der Waals surface area contributed by atoms with Crippen LogP contribution >= 0.6 is 0 Å². The Balaban J connectivity index is -0.000000356. The van der Waals surface area contributed by atoms with Crippen LogP contribution in [0.15, 0.2) is 43.4 Å². The number of anilines is 1. The van der Waals surface area contributed by atoms with E-state index in [1.54, 1.807) is 12.2 Å². The highest BCUT2D eigenvalue weighted by molar-refractivity contribution is 5.37. The van der Waals surface area contributed by atoms with E-state index in [2.05, 4.69) is 47.3 Å². The molecule has 4 nitrogen and oxygen atoms in total. The zero-order valence-corrected chi connectivity index (χ0v) is 12.8. The molecule has 1 aromatic heterocycles. The van der Waals surface area contributed by atoms with Crippen molar-refractivity contribution in [2.24, 2.45) is 0 Å². The second-order valence-electron chi connectivity index (χ2n) is 3.54. The molecular weight excluding hydrogens is 236 g/mol. The lowest BCUT2D eigenvalue weighted by atomic mass is 10.4. The van der Waals surface area contributed by atoms with Crippen molar-refractivity contribution in [2.45, 2.75) is 41.0 Å². The summed E-state index contributed by atoms with van der Waals surface area (Å²) in [7, 11) is 0. The Morgan fingerprint density at radius 3 is 2.21 bits per heavy atom. The van der Waals surface area contributed by atoms with E-state index in [1.165, 1.54) is 12.7 Å². The molecule has 0 aliphatic carbocycles. The molecule has 0 atom stereocenters. The van der Waals surface area contributed by atoms with Gasteiger partial charge in [0.15, 0.2) is 0 Å². The minimum Gasteiger partial charge on any atom is -0.324 e. The van der Waals surface area contributed by atoms with Crippen molar-refractivity contribution in [3.63, 3.8) is 0 Å². The quantitative estimate of drug-likeness (QED) is 0.643. The van der Waals surface area contributed by atoms with Crippen molar-refractivity contribution >= 4 is 5.95 Å². The molecule has 0 unspecified atom stereocenters. The number of rotatable bonds is 3. The van der Waals surface area contributed by atoms with Crippen LogP contribution in [0.2, 0.25) is 0 Å². The van der Waals surface area contributed by atoms with Gasteiger partial charge in [-0.05, 0) is 26.8 Å². The van der Waals surface area contributed by atoms with E-state index in [0.29, 0.717) is 11.8 Å². The van der Waals surface area contributed by atoms with Crippen LogP contribution < -0.4 is 5.32 Å². The minimum absolute atomic E-state index is 0. The number of aryl methyl sites for hydroxylation is 1. The predicted molar refractivity (Wildman–Crippen MR) is 86.1 cm³/mol. The molecule has 1 N–H and O–H groups in total. The lowest BCUT2D eigenvalue weighted by Gasteiger charge is -2.03. The number of allylic oxidation sites excluding steroid dienone is 3. The highest BCUT2D eigenvalue weighted by Crippen LogP contribution is 2.02. The number of hydrogen-bond donors (Lipinski definition) is 1. The van der Waals surface area contributed by atoms with Crippen molar-refractivity contribution in [2.75, 3.05) is 5.32 Å². The van der Waals surface area contributed by atoms with E-state index in [0.717, 1.165) is 5.70 Å². The third kappa shape index (κ3) is 12.3. The average Bonchev–Trinajstić information content (AvgIpc) is 2.38. The summed E-state index contributed by atoms with van der Waals surface area (Å²) in [5.41, 5.74) is 0.880. The fourth-order valence-electron chi connectivity index (χ4n) is 0.808. The van der Waals surface area contributed by atoms with E-state index < -0.39 is 0 Å². The monoisotopic (exact) mass is 264 g/mol. The fraction of sp³-hybridized carbons (Fsp3) is 0.400. The second kappa shape index (κ2) is 14.1. The Kier molecular flexibility index (Phi) is 14.4. The molecule has 0 aliphatic heterocycles. The third-order valence-electron chi connectivity index (χ3n) is 1.48. The highest BCUT2D eigenvalue weighted by Gasteiger charge is 1.96. The van der Waals surface area contributed by atoms with Crippen LogP contribution in [0.5, 0.6) is 0 Å². The molecule has 19 heavy (non-hydrogen) atoms. The second-order valence-corrected chi connectivity index (χ2v) is 3.54. The van der Waals surface area contributed by atoms with Crippen LogP contribution in [0.4, 0.5) is 5.95 Å². The topological polar surface area (TPSA) is 50.7 Å². The maximum atomic E-state index is 4.09. The lowest BCUT2D eigenvalue weighted by molar-refractivity contribution is 0.977. The van der Waals surface area contributed by atoms with Crippen molar-refractivity contribution in [1.82, 2.24) is 15.0 Å². The van der Waals surface area contributed by atoms with Gasteiger partial charge in [0.1, 0.15) is 12.2 Å². The van der Waals surface area contributed by atoms with Crippen LogP contribution in [-0.4, -0.2) is 15.0 Å². The number of nitrogens with zero attached hydrogens (tertiary/aromatic N) is 3. The Bertz CT molecular complexity index is 389. The molecular formula is C15H28N4. The van der Waals surface area contributed by atoms with Gasteiger partial charge >= 0.3 is 0 Å². The van der Waals surface area contributed by atoms with Crippen molar-refractivity contribution < 1.29 is 1.43 Å². The number of nitrogens with one attached hydrogen (secondary N) is 1. The maximum Gasteiger partial charge on any atom is 0.230 e. The molecule has 0 amide bonds. The number of hydrogen-bond acceptors (Lipinski definition) is 4. The normalized spacial score (nSPS) is 9.21. The summed E-state index contributed by atoms with van der Waals surface area (Å²) in [6.45, 7) is 16.9. The molecule has 0 fully saturated rings. The lowest BCUT2D eigenvalue weighted by Crippen LogP contribution is -2.02. The Hall–Kier alpha value is -1.97. The molecule has 1 aromatic rings. The van der Waals surface area contributed by atoms with Gasteiger partial charge in [-0.2, -0.15) is 4.98 Å². The molecule has 0 radical (unpaired) electrons. The summed E-state index contributed by atoms with van der Waals surface area (Å²) in [5, 5.41) is 3.00. The van der Waals surface area contributed by atoms with Gasteiger partial charge < -0.3 is 5.32 Å². The van der Waals surface area contributed by atoms with Gasteiger partial charge in [0.25, 0.3) is 0 Å². The first kappa shape index (κ1) is 19.4. The van der Waals surface area contributed by atoms with Crippen LogP contribution in [-0.2, 0) is 0 Å². The molecule has 0 aromatic carbocycles. The van der Waals surface area contributed by atoms with E-state index in [-0.39, 0.29) is 1.43 Å². The van der Waals surface area contributed by atoms with Gasteiger partial charge in [0.2, 0.25) is 5.95 Å². The Morgan fingerprint density at radius 2 is 1.84 bits per heavy atom. The summed E-state index contributed by atoms with van der Waals surface area (Å²) in [5.74, 6) is 1.23. The molecule has 1 heterocycles. The average molecular weight is 264 g/mol. The summed E-state index contributed by atoms with van der Waals surface area (Å²) in [4.78, 5) is 11.9. The van der Waals surface area contributed by atoms with Gasteiger partial charge in [-0.15, -0.1) is 6.58 Å². The minimum atomic E-state index is 0. The molecule has 0 aliphatic rings. The zero-order chi connectivity index (χ0) is 15.1. The van der Waals surface area contributed by atoms with E-state index in [9.17, 15) is 0 Å². The Morgan fingerprint density at radius 1 is 1.32 bits per heavy atom. The standard InChI is InChI=1S/C9H12N4.C3H8.C3H6.H2/c1-4-8(5-2)13-9-11-6-10-7(3)12-9;2*1-3-2;/h4-6H,1H2,2-3H3,(H,10,11,12,13);3H2,1-2H3;3H,1H2,2H3;1H/b8-5+;;;. The molecule has 0 spiro atoms. The SMILES string of the molecule is C=C/C(=C\C)Nc1ncnc(C)n1.C=CC.CCC.[HH]. The van der Waals surface area contributed by atoms with Crippen molar-refractivity contribution in [1.29, 1.82) is 0 Å². The van der Waals surface area contributed by atoms with E-state index in [1.807, 2.05) is 26.8 Å². The van der Waals surface area contributed by atoms with Crippen LogP contribution in [0.1, 0.15) is 41.4 Å². The largest absolute Gasteiger partial charge is 0.324 e. The first-order chi connectivity index (χ1) is 9.09. The first-order valence-electron chi connectivity index (χ1n) is 6.37. The van der Waals surface area contributed by atoms with Crippen molar-refractivity contribution in [3.8, 4) is 0 Å². The summed E-state index contributed by atoms with van der Waals surface area (Å²) < 4.78 is 0. The van der Waals surface area contributed by atoms with Gasteiger partial charge in [0, 0.05) is 7.12 Å². The zero-order valence-electron chi connectivity index (χ0n) is 12.8. The van der Waals surface area contributed by atoms with Gasteiger partial charge in [-0.3, -0.25) is 0 Å². The first-order valence-corrected chi connectivity index (χ1v) is 6.37. The molecule has 4 heteroatoms. The molecule has 108 valence electrons. The smallest absolute Gasteiger partial charge is 0.230 e. The molecule has 0 bridgehead atoms. The number of aromatic nitrogens is 3. The van der Waals surface area contributed by atoms with E-state index >= 15 is 0 Å². The van der Waals surface area contributed by atoms with Gasteiger partial charge in [-0.1, -0.05) is 39.0 Å². The molecule has 0 saturated carbocycles. The van der Waals surface area contributed by atoms with Gasteiger partial charge in [-0.25, -0.2) is 9.97 Å². The summed E-state index contributed by atoms with van der Waals surface area (Å²) in [6.07, 6.45) is 8.08. The Labute approximate surface area is 118 Å². The van der Waals surface area contributed by atoms with E-state index in [4.69, 9.17) is 0 Å².